The Hall–Kier alpha value is -1.86. The number of hydrogen-bond donors (Lipinski definition) is 0. The minimum Gasteiger partial charge on any atom is -0.336 e. The van der Waals surface area contributed by atoms with Crippen LogP contribution < -0.4 is 0 Å². The smallest absolute Gasteiger partial charge is 0.254 e. The lowest BCUT2D eigenvalue weighted by atomic mass is 10.2. The Balaban J connectivity index is 1.64. The average molecular weight is 425 g/mol. The number of halogens is 2. The fourth-order valence-corrected chi connectivity index (χ4v) is 4.52. The van der Waals surface area contributed by atoms with Gasteiger partial charge in [-0.15, -0.1) is 0 Å². The number of hydrogen-bond acceptors (Lipinski definition) is 3. The van der Waals surface area contributed by atoms with Crippen molar-refractivity contribution in [1.82, 2.24) is 9.21 Å². The molecular weight excluding hydrogens is 407 g/mol. The van der Waals surface area contributed by atoms with E-state index in [-0.39, 0.29) is 19.0 Å². The summed E-state index contributed by atoms with van der Waals surface area (Å²) in [6, 6.07) is 13.9. The maximum Gasteiger partial charge on any atom is 0.254 e. The molecular formula is C19H18Cl2N2O3S. The molecule has 0 aromatic heterocycles. The van der Waals surface area contributed by atoms with Crippen molar-refractivity contribution in [3.05, 3.63) is 75.1 Å². The molecule has 0 N–H and O–H groups in total. The van der Waals surface area contributed by atoms with E-state index in [4.69, 9.17) is 23.2 Å². The standard InChI is InChI=1S/C19H18Cl2N2O3S/c20-17-12-16(13-18(21)14-17)19(24)22-7-9-23(10-8-22)27(25,26)11-6-15-4-2-1-3-5-15/h1-6,11-14H,7-10H2/b11-6+. The second kappa shape index (κ2) is 8.44. The van der Waals surface area contributed by atoms with Crippen LogP contribution in [0, 0.1) is 0 Å². The number of nitrogens with zero attached hydrogens (tertiary/aromatic N) is 2. The summed E-state index contributed by atoms with van der Waals surface area (Å²) in [5.41, 5.74) is 1.21. The van der Waals surface area contributed by atoms with Gasteiger partial charge in [0, 0.05) is 47.2 Å². The Bertz CT molecular complexity index is 934. The zero-order chi connectivity index (χ0) is 19.4. The quantitative estimate of drug-likeness (QED) is 0.750. The third kappa shape index (κ3) is 5.11. The Morgan fingerprint density at radius 3 is 2.11 bits per heavy atom. The Morgan fingerprint density at radius 1 is 0.926 bits per heavy atom. The molecule has 1 heterocycles. The fraction of sp³-hybridized carbons (Fsp3) is 0.211. The fourth-order valence-electron chi connectivity index (χ4n) is 2.82. The molecule has 1 aliphatic rings. The number of sulfonamides is 1. The van der Waals surface area contributed by atoms with Crippen LogP contribution in [-0.2, 0) is 10.0 Å². The van der Waals surface area contributed by atoms with Gasteiger partial charge in [-0.1, -0.05) is 53.5 Å². The minimum atomic E-state index is -3.54. The van der Waals surface area contributed by atoms with E-state index < -0.39 is 10.0 Å². The lowest BCUT2D eigenvalue weighted by Crippen LogP contribution is -2.50. The summed E-state index contributed by atoms with van der Waals surface area (Å²) >= 11 is 11.9. The predicted octanol–water partition coefficient (Wildman–Crippen LogP) is 3.75. The lowest BCUT2D eigenvalue weighted by molar-refractivity contribution is 0.0698. The van der Waals surface area contributed by atoms with Crippen molar-refractivity contribution in [2.24, 2.45) is 0 Å². The average Bonchev–Trinajstić information content (AvgIpc) is 2.66. The Kier molecular flexibility index (Phi) is 6.22. The van der Waals surface area contributed by atoms with Crippen LogP contribution in [0.5, 0.6) is 0 Å². The largest absolute Gasteiger partial charge is 0.336 e. The summed E-state index contributed by atoms with van der Waals surface area (Å²) in [6.07, 6.45) is 1.57. The molecule has 2 aromatic rings. The van der Waals surface area contributed by atoms with Gasteiger partial charge in [-0.3, -0.25) is 4.79 Å². The summed E-state index contributed by atoms with van der Waals surface area (Å²) < 4.78 is 26.4. The van der Waals surface area contributed by atoms with E-state index in [9.17, 15) is 13.2 Å². The molecule has 0 aliphatic carbocycles. The van der Waals surface area contributed by atoms with E-state index in [2.05, 4.69) is 0 Å². The van der Waals surface area contributed by atoms with Crippen LogP contribution in [0.25, 0.3) is 6.08 Å². The number of carbonyl (C=O) groups excluding carboxylic acids is 1. The van der Waals surface area contributed by atoms with Crippen molar-refractivity contribution in [3.8, 4) is 0 Å². The first-order valence-corrected chi connectivity index (χ1v) is 10.6. The summed E-state index contributed by atoms with van der Waals surface area (Å²) in [7, 11) is -3.54. The molecule has 142 valence electrons. The molecule has 1 fully saturated rings. The molecule has 0 saturated carbocycles. The van der Waals surface area contributed by atoms with Gasteiger partial charge in [-0.25, -0.2) is 8.42 Å². The van der Waals surface area contributed by atoms with Gasteiger partial charge in [-0.2, -0.15) is 4.31 Å². The molecule has 5 nitrogen and oxygen atoms in total. The van der Waals surface area contributed by atoms with E-state index in [0.29, 0.717) is 28.7 Å². The van der Waals surface area contributed by atoms with Crippen LogP contribution in [0.15, 0.2) is 53.9 Å². The minimum absolute atomic E-state index is 0.212. The van der Waals surface area contributed by atoms with E-state index in [1.54, 1.807) is 29.2 Å². The normalized spacial score (nSPS) is 16.0. The predicted molar refractivity (Wildman–Crippen MR) is 108 cm³/mol. The zero-order valence-electron chi connectivity index (χ0n) is 14.4. The van der Waals surface area contributed by atoms with Gasteiger partial charge in [0.1, 0.15) is 0 Å². The van der Waals surface area contributed by atoms with Crippen LogP contribution in [0.4, 0.5) is 0 Å². The van der Waals surface area contributed by atoms with E-state index >= 15 is 0 Å². The second-order valence-corrected chi connectivity index (χ2v) is 8.80. The van der Waals surface area contributed by atoms with Gasteiger partial charge in [-0.05, 0) is 29.8 Å². The van der Waals surface area contributed by atoms with E-state index in [1.807, 2.05) is 30.3 Å². The SMILES string of the molecule is O=C(c1cc(Cl)cc(Cl)c1)N1CCN(S(=O)(=O)/C=C/c2ccccc2)CC1. The van der Waals surface area contributed by atoms with Gasteiger partial charge in [0.15, 0.2) is 0 Å². The maximum absolute atomic E-state index is 12.6. The zero-order valence-corrected chi connectivity index (χ0v) is 16.7. The molecule has 1 aliphatic heterocycles. The van der Waals surface area contributed by atoms with Crippen molar-refractivity contribution in [2.75, 3.05) is 26.2 Å². The first-order chi connectivity index (χ1) is 12.8. The topological polar surface area (TPSA) is 57.7 Å². The monoisotopic (exact) mass is 424 g/mol. The number of piperazine rings is 1. The van der Waals surface area contributed by atoms with Crippen LogP contribution in [0.1, 0.15) is 15.9 Å². The van der Waals surface area contributed by atoms with Crippen molar-refractivity contribution < 1.29 is 13.2 Å². The van der Waals surface area contributed by atoms with Gasteiger partial charge >= 0.3 is 0 Å². The molecule has 1 amide bonds. The number of rotatable bonds is 4. The molecule has 0 unspecified atom stereocenters. The highest BCUT2D eigenvalue weighted by atomic mass is 35.5. The van der Waals surface area contributed by atoms with E-state index in [1.165, 1.54) is 9.71 Å². The molecule has 0 radical (unpaired) electrons. The van der Waals surface area contributed by atoms with Crippen molar-refractivity contribution in [1.29, 1.82) is 0 Å². The number of benzene rings is 2. The van der Waals surface area contributed by atoms with Gasteiger partial charge in [0.25, 0.3) is 5.91 Å². The van der Waals surface area contributed by atoms with Crippen LogP contribution in [-0.4, -0.2) is 49.7 Å². The Labute approximate surface area is 168 Å². The summed E-state index contributed by atoms with van der Waals surface area (Å²) in [6.45, 7) is 1.09. The highest BCUT2D eigenvalue weighted by Gasteiger charge is 2.28. The summed E-state index contributed by atoms with van der Waals surface area (Å²) in [5, 5.41) is 1.98. The number of carbonyl (C=O) groups is 1. The van der Waals surface area contributed by atoms with E-state index in [0.717, 1.165) is 5.56 Å². The van der Waals surface area contributed by atoms with Crippen LogP contribution in [0.3, 0.4) is 0 Å². The van der Waals surface area contributed by atoms with Gasteiger partial charge in [0.2, 0.25) is 10.0 Å². The first kappa shape index (κ1) is 19.9. The van der Waals surface area contributed by atoms with Gasteiger partial charge < -0.3 is 4.90 Å². The van der Waals surface area contributed by atoms with Crippen LogP contribution in [0.2, 0.25) is 10.0 Å². The van der Waals surface area contributed by atoms with Crippen molar-refractivity contribution in [2.45, 2.75) is 0 Å². The molecule has 27 heavy (non-hydrogen) atoms. The van der Waals surface area contributed by atoms with Crippen LogP contribution >= 0.6 is 23.2 Å². The number of amides is 1. The molecule has 0 atom stereocenters. The molecule has 3 rings (SSSR count). The highest BCUT2D eigenvalue weighted by Crippen LogP contribution is 2.21. The molecule has 0 bridgehead atoms. The van der Waals surface area contributed by atoms with Crippen molar-refractivity contribution >= 4 is 45.2 Å². The molecule has 0 spiro atoms. The maximum atomic E-state index is 12.6. The third-order valence-electron chi connectivity index (χ3n) is 4.23. The lowest BCUT2D eigenvalue weighted by Gasteiger charge is -2.33. The Morgan fingerprint density at radius 2 is 1.52 bits per heavy atom. The van der Waals surface area contributed by atoms with Gasteiger partial charge in [0.05, 0.1) is 0 Å². The molecule has 2 aromatic carbocycles. The first-order valence-electron chi connectivity index (χ1n) is 8.34. The summed E-state index contributed by atoms with van der Waals surface area (Å²) in [5.74, 6) is -0.212. The highest BCUT2D eigenvalue weighted by molar-refractivity contribution is 7.92. The summed E-state index contributed by atoms with van der Waals surface area (Å²) in [4.78, 5) is 14.2. The second-order valence-electron chi connectivity index (χ2n) is 6.11. The molecule has 8 heteroatoms. The van der Waals surface area contributed by atoms with Crippen molar-refractivity contribution in [3.63, 3.8) is 0 Å². The third-order valence-corrected chi connectivity index (χ3v) is 6.23. The molecule has 1 saturated heterocycles.